The van der Waals surface area contributed by atoms with Crippen LogP contribution in [0.4, 0.5) is 0 Å². The average molecular weight is 373 g/mol. The fourth-order valence-corrected chi connectivity index (χ4v) is 3.75. The van der Waals surface area contributed by atoms with Gasteiger partial charge in [0.1, 0.15) is 11.3 Å². The number of hydrogen-bond donors (Lipinski definition) is 1. The minimum atomic E-state index is -0.636. The van der Waals surface area contributed by atoms with Crippen molar-refractivity contribution >= 4 is 22.8 Å². The highest BCUT2D eigenvalue weighted by atomic mass is 16.5. The van der Waals surface area contributed by atoms with E-state index in [0.717, 1.165) is 18.2 Å². The Morgan fingerprint density at radius 1 is 1.26 bits per heavy atom. The molecule has 146 valence electrons. The standard InChI is InChI=1S/C21H27NO5/c1-12-6-5-7-17(13(12)2)22-19(23)11-26-21(24)20-14(3)16-10-15(25-4)8-9-18(16)27-20/h8-10,12-13,17H,5-7,11H2,1-4H3,(H,22,23)/t12-,13+,17+/m1/s1. The molecule has 0 aliphatic heterocycles. The summed E-state index contributed by atoms with van der Waals surface area (Å²) in [6.45, 7) is 5.85. The van der Waals surface area contributed by atoms with E-state index in [2.05, 4.69) is 19.2 Å². The zero-order valence-corrected chi connectivity index (χ0v) is 16.3. The third-order valence-electron chi connectivity index (χ3n) is 5.72. The third-order valence-corrected chi connectivity index (χ3v) is 5.72. The molecule has 1 amide bonds. The van der Waals surface area contributed by atoms with Crippen LogP contribution in [-0.4, -0.2) is 31.6 Å². The lowest BCUT2D eigenvalue weighted by atomic mass is 9.78. The predicted molar refractivity (Wildman–Crippen MR) is 102 cm³/mol. The second-order valence-electron chi connectivity index (χ2n) is 7.44. The van der Waals surface area contributed by atoms with E-state index in [-0.39, 0.29) is 24.3 Å². The number of methoxy groups -OCH3 is 1. The van der Waals surface area contributed by atoms with Crippen LogP contribution in [0.3, 0.4) is 0 Å². The van der Waals surface area contributed by atoms with E-state index in [0.29, 0.717) is 28.7 Å². The molecular formula is C21H27NO5. The van der Waals surface area contributed by atoms with E-state index in [1.54, 1.807) is 26.2 Å². The number of furan rings is 1. The summed E-state index contributed by atoms with van der Waals surface area (Å²) in [6, 6.07) is 5.46. The number of aryl methyl sites for hydroxylation is 1. The lowest BCUT2D eigenvalue weighted by Crippen LogP contribution is -2.45. The number of rotatable bonds is 5. The summed E-state index contributed by atoms with van der Waals surface area (Å²) >= 11 is 0. The molecular weight excluding hydrogens is 346 g/mol. The fourth-order valence-electron chi connectivity index (χ4n) is 3.75. The number of fused-ring (bicyclic) bond motifs is 1. The predicted octanol–water partition coefficient (Wildman–Crippen LogP) is 3.85. The molecule has 6 heteroatoms. The van der Waals surface area contributed by atoms with Crippen molar-refractivity contribution in [3.05, 3.63) is 29.5 Å². The minimum absolute atomic E-state index is 0.116. The molecule has 1 aromatic heterocycles. The first-order chi connectivity index (χ1) is 12.9. The van der Waals surface area contributed by atoms with Crippen molar-refractivity contribution in [3.63, 3.8) is 0 Å². The Balaban J connectivity index is 1.61. The van der Waals surface area contributed by atoms with Gasteiger partial charge in [-0.1, -0.05) is 26.7 Å². The molecule has 1 saturated carbocycles. The molecule has 2 aromatic rings. The van der Waals surface area contributed by atoms with Crippen molar-refractivity contribution < 1.29 is 23.5 Å². The Labute approximate surface area is 159 Å². The van der Waals surface area contributed by atoms with Crippen molar-refractivity contribution in [2.24, 2.45) is 11.8 Å². The molecule has 0 bridgehead atoms. The quantitative estimate of drug-likeness (QED) is 0.806. The van der Waals surface area contributed by atoms with E-state index in [1.807, 2.05) is 6.07 Å². The van der Waals surface area contributed by atoms with Crippen LogP contribution in [0.2, 0.25) is 0 Å². The smallest absolute Gasteiger partial charge is 0.375 e. The first kappa shape index (κ1) is 19.3. The van der Waals surface area contributed by atoms with Gasteiger partial charge in [0, 0.05) is 17.0 Å². The number of esters is 1. The third kappa shape index (κ3) is 4.10. The van der Waals surface area contributed by atoms with E-state index in [1.165, 1.54) is 6.42 Å². The van der Waals surface area contributed by atoms with E-state index < -0.39 is 5.97 Å². The molecule has 1 aliphatic rings. The van der Waals surface area contributed by atoms with Gasteiger partial charge in [0.2, 0.25) is 5.76 Å². The van der Waals surface area contributed by atoms with Crippen LogP contribution in [0.1, 0.15) is 49.2 Å². The molecule has 3 rings (SSSR count). The number of carbonyl (C=O) groups excluding carboxylic acids is 2. The van der Waals surface area contributed by atoms with Crippen molar-refractivity contribution in [1.82, 2.24) is 5.32 Å². The molecule has 1 aromatic carbocycles. The summed E-state index contributed by atoms with van der Waals surface area (Å²) < 4.78 is 16.0. The molecule has 0 radical (unpaired) electrons. The molecule has 27 heavy (non-hydrogen) atoms. The molecule has 1 heterocycles. The summed E-state index contributed by atoms with van der Waals surface area (Å²) in [5, 5.41) is 3.79. The van der Waals surface area contributed by atoms with E-state index in [9.17, 15) is 9.59 Å². The number of carbonyl (C=O) groups is 2. The topological polar surface area (TPSA) is 77.8 Å². The van der Waals surface area contributed by atoms with Crippen molar-refractivity contribution in [2.45, 2.75) is 46.1 Å². The monoisotopic (exact) mass is 373 g/mol. The maximum absolute atomic E-state index is 12.4. The number of ether oxygens (including phenoxy) is 2. The van der Waals surface area contributed by atoms with Crippen LogP contribution in [0.5, 0.6) is 5.75 Å². The first-order valence-electron chi connectivity index (χ1n) is 9.44. The number of benzene rings is 1. The molecule has 0 spiro atoms. The van der Waals surface area contributed by atoms with Crippen LogP contribution in [0.25, 0.3) is 11.0 Å². The van der Waals surface area contributed by atoms with Crippen molar-refractivity contribution in [3.8, 4) is 5.75 Å². The van der Waals surface area contributed by atoms with Crippen LogP contribution >= 0.6 is 0 Å². The zero-order valence-electron chi connectivity index (χ0n) is 16.3. The lowest BCUT2D eigenvalue weighted by Gasteiger charge is -2.34. The number of amides is 1. The highest BCUT2D eigenvalue weighted by Crippen LogP contribution is 2.30. The second-order valence-corrected chi connectivity index (χ2v) is 7.44. The van der Waals surface area contributed by atoms with Crippen LogP contribution in [0.15, 0.2) is 22.6 Å². The molecule has 6 nitrogen and oxygen atoms in total. The lowest BCUT2D eigenvalue weighted by molar-refractivity contribution is -0.125. The zero-order chi connectivity index (χ0) is 19.6. The van der Waals surface area contributed by atoms with Gasteiger partial charge in [-0.15, -0.1) is 0 Å². The second kappa shape index (κ2) is 8.03. The SMILES string of the molecule is COc1ccc2oc(C(=O)OCC(=O)N[C@H]3CCC[C@@H](C)[C@@H]3C)c(C)c2c1. The van der Waals surface area contributed by atoms with Gasteiger partial charge in [0.15, 0.2) is 6.61 Å². The fraction of sp³-hybridized carbons (Fsp3) is 0.524. The van der Waals surface area contributed by atoms with Crippen LogP contribution in [0, 0.1) is 18.8 Å². The largest absolute Gasteiger partial charge is 0.497 e. The highest BCUT2D eigenvalue weighted by molar-refractivity contribution is 5.97. The molecule has 0 unspecified atom stereocenters. The Morgan fingerprint density at radius 2 is 2.04 bits per heavy atom. The summed E-state index contributed by atoms with van der Waals surface area (Å²) in [4.78, 5) is 24.6. The van der Waals surface area contributed by atoms with Gasteiger partial charge >= 0.3 is 5.97 Å². The molecule has 1 N–H and O–H groups in total. The Kier molecular flexibility index (Phi) is 5.73. The van der Waals surface area contributed by atoms with E-state index >= 15 is 0 Å². The van der Waals surface area contributed by atoms with Gasteiger partial charge in [-0.2, -0.15) is 0 Å². The van der Waals surface area contributed by atoms with Gasteiger partial charge in [-0.05, 0) is 43.4 Å². The van der Waals surface area contributed by atoms with Gasteiger partial charge in [0.05, 0.1) is 7.11 Å². The summed E-state index contributed by atoms with van der Waals surface area (Å²) in [5.74, 6) is 0.896. The Morgan fingerprint density at radius 3 is 2.78 bits per heavy atom. The van der Waals surface area contributed by atoms with Gasteiger partial charge in [-0.25, -0.2) is 4.79 Å². The molecule has 0 saturated heterocycles. The maximum atomic E-state index is 12.4. The Bertz CT molecular complexity index is 840. The molecule has 1 aliphatic carbocycles. The summed E-state index contributed by atoms with van der Waals surface area (Å²) in [5.41, 5.74) is 1.25. The molecule has 1 fully saturated rings. The highest BCUT2D eigenvalue weighted by Gasteiger charge is 2.28. The molecule has 3 atom stereocenters. The van der Waals surface area contributed by atoms with Gasteiger partial charge in [-0.3, -0.25) is 4.79 Å². The minimum Gasteiger partial charge on any atom is -0.497 e. The normalized spacial score (nSPS) is 22.4. The average Bonchev–Trinajstić information content (AvgIpc) is 2.99. The summed E-state index contributed by atoms with van der Waals surface area (Å²) in [6.07, 6.45) is 3.27. The maximum Gasteiger partial charge on any atom is 0.375 e. The summed E-state index contributed by atoms with van der Waals surface area (Å²) in [7, 11) is 1.58. The van der Waals surface area contributed by atoms with Gasteiger partial charge in [0.25, 0.3) is 5.91 Å². The van der Waals surface area contributed by atoms with Crippen molar-refractivity contribution in [1.29, 1.82) is 0 Å². The van der Waals surface area contributed by atoms with E-state index in [4.69, 9.17) is 13.9 Å². The van der Waals surface area contributed by atoms with Crippen LogP contribution in [-0.2, 0) is 9.53 Å². The first-order valence-corrected chi connectivity index (χ1v) is 9.44. The Hall–Kier alpha value is -2.50. The number of nitrogens with one attached hydrogen (secondary N) is 1. The van der Waals surface area contributed by atoms with Gasteiger partial charge < -0.3 is 19.2 Å². The van der Waals surface area contributed by atoms with Crippen molar-refractivity contribution in [2.75, 3.05) is 13.7 Å². The van der Waals surface area contributed by atoms with Crippen LogP contribution < -0.4 is 10.1 Å². The number of hydrogen-bond acceptors (Lipinski definition) is 5.